The van der Waals surface area contributed by atoms with Gasteiger partial charge in [0.15, 0.2) is 0 Å². The zero-order valence-electron chi connectivity index (χ0n) is 14.3. The third-order valence-electron chi connectivity index (χ3n) is 4.75. The molecule has 0 unspecified atom stereocenters. The smallest absolute Gasteiger partial charge is 0.255 e. The van der Waals surface area contributed by atoms with E-state index in [1.807, 2.05) is 12.1 Å². The van der Waals surface area contributed by atoms with E-state index < -0.39 is 5.82 Å². The Labute approximate surface area is 152 Å². The number of carbonyl (C=O) groups is 1. The average Bonchev–Trinajstić information content (AvgIpc) is 2.69. The molecule has 3 aromatic rings. The number of rotatable bonds is 3. The summed E-state index contributed by atoms with van der Waals surface area (Å²) in [5.41, 5.74) is 4.54. The number of fused-ring (bicyclic) bond motifs is 1. The molecule has 0 saturated carbocycles. The normalized spacial score (nSPS) is 13.2. The van der Waals surface area contributed by atoms with Crippen LogP contribution in [0, 0.1) is 5.82 Å². The fourth-order valence-electron chi connectivity index (χ4n) is 3.30. The van der Waals surface area contributed by atoms with Crippen molar-refractivity contribution in [3.63, 3.8) is 0 Å². The van der Waals surface area contributed by atoms with Crippen LogP contribution in [0.25, 0.3) is 0 Å². The fourth-order valence-corrected chi connectivity index (χ4v) is 3.30. The topological polar surface area (TPSA) is 32.3 Å². The van der Waals surface area contributed by atoms with E-state index in [2.05, 4.69) is 34.5 Å². The summed E-state index contributed by atoms with van der Waals surface area (Å²) in [6.45, 7) is 1.83. The van der Waals surface area contributed by atoms with Crippen LogP contribution in [0.1, 0.15) is 21.5 Å². The highest BCUT2D eigenvalue weighted by atomic mass is 19.1. The van der Waals surface area contributed by atoms with Crippen molar-refractivity contribution in [1.82, 2.24) is 0 Å². The van der Waals surface area contributed by atoms with E-state index in [4.69, 9.17) is 0 Å². The van der Waals surface area contributed by atoms with Gasteiger partial charge in [0.25, 0.3) is 5.91 Å². The Bertz CT molecular complexity index is 937. The van der Waals surface area contributed by atoms with Crippen LogP contribution in [0.4, 0.5) is 15.8 Å². The molecule has 0 aromatic heterocycles. The van der Waals surface area contributed by atoms with Gasteiger partial charge < -0.3 is 10.2 Å². The third-order valence-corrected chi connectivity index (χ3v) is 4.75. The lowest BCUT2D eigenvalue weighted by atomic mass is 9.99. The van der Waals surface area contributed by atoms with Crippen molar-refractivity contribution >= 4 is 17.3 Å². The van der Waals surface area contributed by atoms with Crippen molar-refractivity contribution < 1.29 is 9.18 Å². The van der Waals surface area contributed by atoms with Gasteiger partial charge in [0, 0.05) is 24.3 Å². The van der Waals surface area contributed by atoms with E-state index in [0.717, 1.165) is 25.2 Å². The van der Waals surface area contributed by atoms with E-state index in [1.54, 1.807) is 30.3 Å². The van der Waals surface area contributed by atoms with Crippen LogP contribution in [0.15, 0.2) is 72.8 Å². The Morgan fingerprint density at radius 3 is 2.35 bits per heavy atom. The SMILES string of the molecule is O=C(Nc1ccccc1F)c1ccc(N2CCc3ccccc3C2)cc1. The number of halogens is 1. The van der Waals surface area contributed by atoms with Crippen molar-refractivity contribution in [2.45, 2.75) is 13.0 Å². The van der Waals surface area contributed by atoms with Gasteiger partial charge in [-0.05, 0) is 53.9 Å². The fraction of sp³-hybridized carbons (Fsp3) is 0.136. The standard InChI is InChI=1S/C22H19FN2O/c23-20-7-3-4-8-21(20)24-22(26)17-9-11-19(12-10-17)25-14-13-16-5-1-2-6-18(16)15-25/h1-12H,13-15H2,(H,24,26). The lowest BCUT2D eigenvalue weighted by Gasteiger charge is -2.30. The minimum Gasteiger partial charge on any atom is -0.367 e. The number of hydrogen-bond donors (Lipinski definition) is 1. The van der Waals surface area contributed by atoms with Crippen LogP contribution < -0.4 is 10.2 Å². The molecule has 0 aliphatic carbocycles. The summed E-state index contributed by atoms with van der Waals surface area (Å²) in [6, 6.07) is 22.1. The maximum atomic E-state index is 13.7. The second-order valence-electron chi connectivity index (χ2n) is 6.42. The first-order valence-corrected chi connectivity index (χ1v) is 8.68. The molecule has 130 valence electrons. The maximum Gasteiger partial charge on any atom is 0.255 e. The Hall–Kier alpha value is -3.14. The molecule has 0 spiro atoms. The van der Waals surface area contributed by atoms with E-state index in [-0.39, 0.29) is 11.6 Å². The Balaban J connectivity index is 1.47. The molecule has 1 aliphatic rings. The van der Waals surface area contributed by atoms with Crippen molar-refractivity contribution in [1.29, 1.82) is 0 Å². The minimum atomic E-state index is -0.440. The summed E-state index contributed by atoms with van der Waals surface area (Å²) >= 11 is 0. The van der Waals surface area contributed by atoms with Crippen molar-refractivity contribution in [2.75, 3.05) is 16.8 Å². The number of anilines is 2. The van der Waals surface area contributed by atoms with Gasteiger partial charge in [-0.25, -0.2) is 4.39 Å². The number of hydrogen-bond acceptors (Lipinski definition) is 2. The van der Waals surface area contributed by atoms with Crippen LogP contribution in [0.3, 0.4) is 0 Å². The predicted octanol–water partition coefficient (Wildman–Crippen LogP) is 4.64. The van der Waals surface area contributed by atoms with Crippen LogP contribution >= 0.6 is 0 Å². The second kappa shape index (κ2) is 7.00. The quantitative estimate of drug-likeness (QED) is 0.749. The third kappa shape index (κ3) is 3.31. The molecular formula is C22H19FN2O. The van der Waals surface area contributed by atoms with Gasteiger partial charge in [0.2, 0.25) is 0 Å². The molecule has 1 amide bonds. The lowest BCUT2D eigenvalue weighted by molar-refractivity contribution is 0.102. The first-order chi connectivity index (χ1) is 12.7. The van der Waals surface area contributed by atoms with E-state index in [0.29, 0.717) is 5.56 Å². The molecule has 1 heterocycles. The summed E-state index contributed by atoms with van der Waals surface area (Å²) in [5, 5.41) is 2.61. The Morgan fingerprint density at radius 1 is 0.885 bits per heavy atom. The second-order valence-corrected chi connectivity index (χ2v) is 6.42. The van der Waals surface area contributed by atoms with Crippen molar-refractivity contribution in [3.8, 4) is 0 Å². The average molecular weight is 346 g/mol. The van der Waals surface area contributed by atoms with Crippen LogP contribution in [0.5, 0.6) is 0 Å². The number of nitrogens with zero attached hydrogens (tertiary/aromatic N) is 1. The molecule has 1 N–H and O–H groups in total. The van der Waals surface area contributed by atoms with Gasteiger partial charge in [-0.3, -0.25) is 4.79 Å². The predicted molar refractivity (Wildman–Crippen MR) is 102 cm³/mol. The van der Waals surface area contributed by atoms with Gasteiger partial charge in [-0.1, -0.05) is 36.4 Å². The molecule has 0 saturated heterocycles. The van der Waals surface area contributed by atoms with Gasteiger partial charge >= 0.3 is 0 Å². The Morgan fingerprint density at radius 2 is 1.58 bits per heavy atom. The van der Waals surface area contributed by atoms with Crippen LogP contribution in [0.2, 0.25) is 0 Å². The molecule has 3 aromatic carbocycles. The number of amides is 1. The zero-order chi connectivity index (χ0) is 17.9. The van der Waals surface area contributed by atoms with E-state index >= 15 is 0 Å². The molecule has 0 radical (unpaired) electrons. The molecule has 0 bridgehead atoms. The highest BCUT2D eigenvalue weighted by molar-refractivity contribution is 6.04. The van der Waals surface area contributed by atoms with Crippen molar-refractivity contribution in [2.24, 2.45) is 0 Å². The lowest BCUT2D eigenvalue weighted by Crippen LogP contribution is -2.30. The van der Waals surface area contributed by atoms with E-state index in [1.165, 1.54) is 17.2 Å². The number of nitrogens with one attached hydrogen (secondary N) is 1. The van der Waals surface area contributed by atoms with Gasteiger partial charge in [0.1, 0.15) is 5.82 Å². The first-order valence-electron chi connectivity index (χ1n) is 8.68. The summed E-state index contributed by atoms with van der Waals surface area (Å²) in [4.78, 5) is 14.6. The molecule has 0 atom stereocenters. The molecule has 26 heavy (non-hydrogen) atoms. The largest absolute Gasteiger partial charge is 0.367 e. The van der Waals surface area contributed by atoms with Crippen molar-refractivity contribution in [3.05, 3.63) is 95.3 Å². The molecule has 0 fully saturated rings. The molecule has 4 rings (SSSR count). The Kier molecular flexibility index (Phi) is 4.40. The molecular weight excluding hydrogens is 327 g/mol. The van der Waals surface area contributed by atoms with Crippen LogP contribution in [-0.4, -0.2) is 12.5 Å². The van der Waals surface area contributed by atoms with Gasteiger partial charge in [-0.15, -0.1) is 0 Å². The number of benzene rings is 3. The van der Waals surface area contributed by atoms with Gasteiger partial charge in [-0.2, -0.15) is 0 Å². The minimum absolute atomic E-state index is 0.189. The van der Waals surface area contributed by atoms with Gasteiger partial charge in [0.05, 0.1) is 5.69 Å². The summed E-state index contributed by atoms with van der Waals surface area (Å²) < 4.78 is 13.7. The summed E-state index contributed by atoms with van der Waals surface area (Å²) in [6.07, 6.45) is 1.02. The number of para-hydroxylation sites is 1. The maximum absolute atomic E-state index is 13.7. The van der Waals surface area contributed by atoms with E-state index in [9.17, 15) is 9.18 Å². The number of carbonyl (C=O) groups excluding carboxylic acids is 1. The molecule has 4 heteroatoms. The molecule has 1 aliphatic heterocycles. The van der Waals surface area contributed by atoms with Crippen LogP contribution in [-0.2, 0) is 13.0 Å². The summed E-state index contributed by atoms with van der Waals surface area (Å²) in [7, 11) is 0. The first kappa shape index (κ1) is 16.3. The monoisotopic (exact) mass is 346 g/mol. The zero-order valence-corrected chi connectivity index (χ0v) is 14.3. The molecule has 3 nitrogen and oxygen atoms in total. The highest BCUT2D eigenvalue weighted by Gasteiger charge is 2.16. The highest BCUT2D eigenvalue weighted by Crippen LogP contribution is 2.25. The summed E-state index contributed by atoms with van der Waals surface area (Å²) in [5.74, 6) is -0.755.